The fourth-order valence-electron chi connectivity index (χ4n) is 6.14. The maximum Gasteiger partial charge on any atom is 0.297 e. The lowest BCUT2D eigenvalue weighted by Crippen LogP contribution is -2.53. The quantitative estimate of drug-likeness (QED) is 0.129. The summed E-state index contributed by atoms with van der Waals surface area (Å²) < 4.78 is 21.0. The summed E-state index contributed by atoms with van der Waals surface area (Å²) >= 11 is 14.7. The first-order valence-corrected chi connectivity index (χ1v) is 16.8. The SMILES string of the molecule is O=C1c2oc3ccc(F)cc3c(=O)c2C2(C(=O)N(Cc3ccc(Cl)cc3)c3ccccc32)N1c1nnc(SCc2ccc(Cl)cc2)s1. The predicted octanol–water partition coefficient (Wildman–Crippen LogP) is 7.83. The molecule has 47 heavy (non-hydrogen) atoms. The Balaban J connectivity index is 1.31. The number of rotatable bonds is 6. The van der Waals surface area contributed by atoms with Gasteiger partial charge in [-0.15, -0.1) is 10.2 Å². The van der Waals surface area contributed by atoms with Gasteiger partial charge in [0.15, 0.2) is 15.3 Å². The highest BCUT2D eigenvalue weighted by atomic mass is 35.5. The minimum atomic E-state index is -1.99. The molecule has 0 saturated carbocycles. The number of hydrogen-bond acceptors (Lipinski definition) is 8. The van der Waals surface area contributed by atoms with Gasteiger partial charge in [-0.05, 0) is 59.7 Å². The molecule has 0 saturated heterocycles. The summed E-state index contributed by atoms with van der Waals surface area (Å²) in [4.78, 5) is 46.6. The van der Waals surface area contributed by atoms with Crippen LogP contribution in [0.5, 0.6) is 0 Å². The first-order valence-electron chi connectivity index (χ1n) is 14.2. The number of anilines is 2. The number of carbonyl (C=O) groups is 2. The van der Waals surface area contributed by atoms with Gasteiger partial charge in [-0.2, -0.15) is 0 Å². The molecule has 8 nitrogen and oxygen atoms in total. The summed E-state index contributed by atoms with van der Waals surface area (Å²) in [5.74, 6) is -1.71. The number of amides is 2. The van der Waals surface area contributed by atoms with Crippen LogP contribution in [0.3, 0.4) is 0 Å². The Hall–Kier alpha value is -4.55. The maximum absolute atomic E-state index is 15.0. The van der Waals surface area contributed by atoms with Crippen LogP contribution in [0.2, 0.25) is 10.0 Å². The number of carbonyl (C=O) groups excluding carboxylic acids is 2. The van der Waals surface area contributed by atoms with Crippen molar-refractivity contribution in [2.45, 2.75) is 22.2 Å². The number of para-hydroxylation sites is 1. The first kappa shape index (κ1) is 29.8. The number of thioether (sulfide) groups is 1. The molecule has 4 aromatic carbocycles. The van der Waals surface area contributed by atoms with Crippen LogP contribution in [-0.4, -0.2) is 22.0 Å². The van der Waals surface area contributed by atoms with Crippen molar-refractivity contribution in [1.29, 1.82) is 0 Å². The van der Waals surface area contributed by atoms with E-state index in [2.05, 4.69) is 10.2 Å². The zero-order valence-corrected chi connectivity index (χ0v) is 27.1. The number of halogens is 3. The number of benzene rings is 4. The van der Waals surface area contributed by atoms with Gasteiger partial charge < -0.3 is 9.32 Å². The summed E-state index contributed by atoms with van der Waals surface area (Å²) in [6, 6.07) is 24.9. The summed E-state index contributed by atoms with van der Waals surface area (Å²) in [6.07, 6.45) is 0. The highest BCUT2D eigenvalue weighted by Crippen LogP contribution is 2.55. The van der Waals surface area contributed by atoms with Crippen molar-refractivity contribution in [3.05, 3.63) is 145 Å². The second-order valence-corrected chi connectivity index (χ2v) is 14.0. The fourth-order valence-corrected chi connectivity index (χ4v) is 8.24. The smallest absolute Gasteiger partial charge is 0.297 e. The van der Waals surface area contributed by atoms with Crippen LogP contribution >= 0.6 is 46.3 Å². The van der Waals surface area contributed by atoms with Crippen LogP contribution in [0.15, 0.2) is 105 Å². The first-order chi connectivity index (χ1) is 22.8. The molecule has 0 fully saturated rings. The molecule has 0 aliphatic carbocycles. The van der Waals surface area contributed by atoms with Gasteiger partial charge in [-0.1, -0.05) is 88.8 Å². The molecule has 13 heteroatoms. The molecule has 2 amide bonds. The minimum absolute atomic E-state index is 0.0220. The van der Waals surface area contributed by atoms with E-state index in [1.165, 1.54) is 27.6 Å². The number of fused-ring (bicyclic) bond motifs is 5. The summed E-state index contributed by atoms with van der Waals surface area (Å²) in [6.45, 7) is 0.123. The van der Waals surface area contributed by atoms with Gasteiger partial charge in [0, 0.05) is 21.4 Å². The molecular weight excluding hydrogens is 682 g/mol. The van der Waals surface area contributed by atoms with Gasteiger partial charge in [-0.3, -0.25) is 19.3 Å². The third kappa shape index (κ3) is 4.68. The normalized spacial score (nSPS) is 16.8. The van der Waals surface area contributed by atoms with Crippen LogP contribution in [0.4, 0.5) is 15.2 Å². The average Bonchev–Trinajstić information content (AvgIpc) is 3.71. The zero-order chi connectivity index (χ0) is 32.4. The molecule has 2 aliphatic rings. The fraction of sp³-hybridized carbons (Fsp3) is 0.0882. The Kier molecular flexibility index (Phi) is 7.17. The van der Waals surface area contributed by atoms with E-state index >= 15 is 4.79 Å². The van der Waals surface area contributed by atoms with Crippen molar-refractivity contribution < 1.29 is 18.4 Å². The number of aromatic nitrogens is 2. The summed E-state index contributed by atoms with van der Waals surface area (Å²) in [5.41, 5.74) is -0.183. The molecule has 0 N–H and O–H groups in total. The second kappa shape index (κ2) is 11.3. The third-order valence-electron chi connectivity index (χ3n) is 8.20. The van der Waals surface area contributed by atoms with E-state index in [4.69, 9.17) is 27.6 Å². The van der Waals surface area contributed by atoms with Gasteiger partial charge in [0.1, 0.15) is 11.4 Å². The number of nitrogens with zero attached hydrogens (tertiary/aromatic N) is 4. The minimum Gasteiger partial charge on any atom is -0.450 e. The Labute approximate surface area is 284 Å². The lowest BCUT2D eigenvalue weighted by atomic mass is 9.84. The highest BCUT2D eigenvalue weighted by Gasteiger charge is 2.66. The van der Waals surface area contributed by atoms with E-state index in [-0.39, 0.29) is 34.0 Å². The molecule has 2 aliphatic heterocycles. The molecular formula is C34H19Cl2FN4O4S2. The molecule has 0 bridgehead atoms. The van der Waals surface area contributed by atoms with Gasteiger partial charge in [-0.25, -0.2) is 4.39 Å². The topological polar surface area (TPSA) is 96.6 Å². The van der Waals surface area contributed by atoms with Crippen molar-refractivity contribution >= 4 is 79.9 Å². The van der Waals surface area contributed by atoms with Crippen molar-refractivity contribution in [2.75, 3.05) is 9.80 Å². The zero-order valence-electron chi connectivity index (χ0n) is 23.9. The maximum atomic E-state index is 15.0. The monoisotopic (exact) mass is 700 g/mol. The molecule has 8 rings (SSSR count). The Morgan fingerprint density at radius 3 is 2.32 bits per heavy atom. The molecule has 4 heterocycles. The van der Waals surface area contributed by atoms with Crippen LogP contribution in [-0.2, 0) is 22.6 Å². The van der Waals surface area contributed by atoms with E-state index in [9.17, 15) is 14.0 Å². The largest absolute Gasteiger partial charge is 0.450 e. The standard InChI is InChI=1S/C34H19Cl2FN4O4S2/c35-20-9-5-18(6-10-20)16-40-25-4-2-1-3-24(25)34(31(40)44)27-28(42)23-15-22(37)13-14-26(23)45-29(27)30(43)41(34)32-38-39-33(47-32)46-17-19-7-11-21(36)12-8-19/h1-15H,16-17H2. The molecule has 232 valence electrons. The van der Waals surface area contributed by atoms with Crippen LogP contribution in [0, 0.1) is 5.82 Å². The second-order valence-electron chi connectivity index (χ2n) is 10.9. The van der Waals surface area contributed by atoms with Gasteiger partial charge in [0.2, 0.25) is 10.9 Å². The van der Waals surface area contributed by atoms with Gasteiger partial charge >= 0.3 is 0 Å². The highest BCUT2D eigenvalue weighted by molar-refractivity contribution is 8.00. The Morgan fingerprint density at radius 1 is 0.872 bits per heavy atom. The molecule has 1 spiro atoms. The lowest BCUT2D eigenvalue weighted by Gasteiger charge is -2.32. The van der Waals surface area contributed by atoms with Crippen molar-refractivity contribution in [2.24, 2.45) is 0 Å². The summed E-state index contributed by atoms with van der Waals surface area (Å²) in [5, 5.41) is 9.86. The Bertz CT molecular complexity index is 2310. The summed E-state index contributed by atoms with van der Waals surface area (Å²) in [7, 11) is 0. The number of hydrogen-bond donors (Lipinski definition) is 0. The van der Waals surface area contributed by atoms with E-state index in [1.807, 2.05) is 12.1 Å². The third-order valence-corrected chi connectivity index (χ3v) is 10.8. The van der Waals surface area contributed by atoms with Gasteiger partial charge in [0.05, 0.1) is 23.2 Å². The van der Waals surface area contributed by atoms with E-state index < -0.39 is 28.6 Å². The molecule has 6 aromatic rings. The van der Waals surface area contributed by atoms with Crippen LogP contribution in [0.1, 0.15) is 32.8 Å². The van der Waals surface area contributed by atoms with Gasteiger partial charge in [0.25, 0.3) is 11.8 Å². The van der Waals surface area contributed by atoms with Crippen molar-refractivity contribution in [1.82, 2.24) is 10.2 Å². The average molecular weight is 702 g/mol. The molecule has 1 atom stereocenters. The Morgan fingerprint density at radius 2 is 1.57 bits per heavy atom. The van der Waals surface area contributed by atoms with Crippen LogP contribution < -0.4 is 15.2 Å². The lowest BCUT2D eigenvalue weighted by molar-refractivity contribution is -0.121. The predicted molar refractivity (Wildman–Crippen MR) is 180 cm³/mol. The molecule has 2 aromatic heterocycles. The van der Waals surface area contributed by atoms with Crippen LogP contribution in [0.25, 0.3) is 11.0 Å². The van der Waals surface area contributed by atoms with E-state index in [0.29, 0.717) is 31.4 Å². The van der Waals surface area contributed by atoms with E-state index in [1.54, 1.807) is 60.7 Å². The van der Waals surface area contributed by atoms with Crippen molar-refractivity contribution in [3.8, 4) is 0 Å². The van der Waals surface area contributed by atoms with E-state index in [0.717, 1.165) is 34.6 Å². The molecule has 0 radical (unpaired) electrons. The van der Waals surface area contributed by atoms with Crippen molar-refractivity contribution in [3.63, 3.8) is 0 Å². The molecule has 1 unspecified atom stereocenters.